The highest BCUT2D eigenvalue weighted by molar-refractivity contribution is 6.30. The molecule has 3 aromatic rings. The molecule has 1 amide bonds. The molecule has 0 spiro atoms. The molecule has 0 bridgehead atoms. The largest absolute Gasteiger partial charge is 0.496 e. The van der Waals surface area contributed by atoms with E-state index in [-0.39, 0.29) is 17.9 Å². The third-order valence-electron chi connectivity index (χ3n) is 6.32. The highest BCUT2D eigenvalue weighted by Crippen LogP contribution is 2.31. The smallest absolute Gasteiger partial charge is 0.223 e. The van der Waals surface area contributed by atoms with Crippen molar-refractivity contribution < 1.29 is 14.3 Å². The van der Waals surface area contributed by atoms with Crippen LogP contribution in [0.3, 0.4) is 0 Å². The van der Waals surface area contributed by atoms with E-state index in [0.29, 0.717) is 11.6 Å². The van der Waals surface area contributed by atoms with Gasteiger partial charge in [-0.15, -0.1) is 0 Å². The fourth-order valence-corrected chi connectivity index (χ4v) is 4.51. The Morgan fingerprint density at radius 1 is 1.00 bits per heavy atom. The fourth-order valence-electron chi connectivity index (χ4n) is 4.39. The van der Waals surface area contributed by atoms with Gasteiger partial charge in [-0.3, -0.25) is 9.69 Å². The van der Waals surface area contributed by atoms with E-state index in [1.54, 1.807) is 7.11 Å². The Bertz CT molecular complexity index is 1050. The number of halogens is 1. The molecule has 1 saturated heterocycles. The topological polar surface area (TPSA) is 50.8 Å². The molecule has 4 rings (SSSR count). The van der Waals surface area contributed by atoms with Crippen LogP contribution in [0.4, 0.5) is 0 Å². The van der Waals surface area contributed by atoms with Gasteiger partial charge < -0.3 is 14.8 Å². The van der Waals surface area contributed by atoms with Gasteiger partial charge in [-0.1, -0.05) is 60.1 Å². The third kappa shape index (κ3) is 6.31. The van der Waals surface area contributed by atoms with E-state index in [4.69, 9.17) is 21.1 Å². The Kier molecular flexibility index (Phi) is 8.45. The number of para-hydroxylation sites is 2. The number of piperidine rings is 1. The third-order valence-corrected chi connectivity index (χ3v) is 6.57. The number of benzene rings is 3. The van der Waals surface area contributed by atoms with E-state index >= 15 is 0 Å². The van der Waals surface area contributed by atoms with Crippen molar-refractivity contribution in [2.45, 2.75) is 18.9 Å². The van der Waals surface area contributed by atoms with Gasteiger partial charge in [0.05, 0.1) is 13.2 Å². The molecule has 6 heteroatoms. The molecule has 1 aliphatic heterocycles. The zero-order valence-electron chi connectivity index (χ0n) is 19.5. The first-order valence-electron chi connectivity index (χ1n) is 11.7. The lowest BCUT2D eigenvalue weighted by molar-refractivity contribution is -0.127. The summed E-state index contributed by atoms with van der Waals surface area (Å²) >= 11 is 6.11. The van der Waals surface area contributed by atoms with E-state index < -0.39 is 0 Å². The number of nitrogens with zero attached hydrogens (tertiary/aromatic N) is 1. The van der Waals surface area contributed by atoms with Crippen LogP contribution in [0, 0.1) is 5.92 Å². The van der Waals surface area contributed by atoms with Crippen molar-refractivity contribution in [3.05, 3.63) is 95.0 Å². The number of hydrogen-bond donors (Lipinski definition) is 1. The first-order valence-corrected chi connectivity index (χ1v) is 12.1. The second-order valence-electron chi connectivity index (χ2n) is 8.51. The summed E-state index contributed by atoms with van der Waals surface area (Å²) in [5, 5.41) is 3.95. The molecule has 1 fully saturated rings. The van der Waals surface area contributed by atoms with Gasteiger partial charge in [-0.2, -0.15) is 0 Å². The van der Waals surface area contributed by atoms with Gasteiger partial charge in [0.2, 0.25) is 5.91 Å². The minimum Gasteiger partial charge on any atom is -0.496 e. The van der Waals surface area contributed by atoms with Crippen molar-refractivity contribution in [1.29, 1.82) is 0 Å². The highest BCUT2D eigenvalue weighted by atomic mass is 35.5. The van der Waals surface area contributed by atoms with Gasteiger partial charge in [0.15, 0.2) is 0 Å². The SMILES string of the molecule is COc1ccccc1[C@@H](NC(=O)C1CCN(CCOc2ccccc2)CC1)c1ccc(Cl)cc1. The van der Waals surface area contributed by atoms with Crippen molar-refractivity contribution >= 4 is 17.5 Å². The van der Waals surface area contributed by atoms with E-state index in [1.807, 2.05) is 78.9 Å². The summed E-state index contributed by atoms with van der Waals surface area (Å²) in [6, 6.07) is 25.0. The zero-order valence-corrected chi connectivity index (χ0v) is 20.2. The van der Waals surface area contributed by atoms with Crippen LogP contribution in [0.5, 0.6) is 11.5 Å². The molecular formula is C28H31ClN2O3. The second-order valence-corrected chi connectivity index (χ2v) is 8.95. The highest BCUT2D eigenvalue weighted by Gasteiger charge is 2.28. The van der Waals surface area contributed by atoms with Gasteiger partial charge in [-0.25, -0.2) is 0 Å². The van der Waals surface area contributed by atoms with Crippen LogP contribution in [0.25, 0.3) is 0 Å². The summed E-state index contributed by atoms with van der Waals surface area (Å²) in [6.07, 6.45) is 1.66. The molecule has 5 nitrogen and oxygen atoms in total. The number of likely N-dealkylation sites (tertiary alicyclic amines) is 1. The quantitative estimate of drug-likeness (QED) is 0.450. The summed E-state index contributed by atoms with van der Waals surface area (Å²) in [6.45, 7) is 3.28. The molecule has 1 N–H and O–H groups in total. The molecule has 3 aromatic carbocycles. The standard InChI is InChI=1S/C28H31ClN2O3/c1-33-26-10-6-5-9-25(26)27(21-11-13-23(29)14-12-21)30-28(32)22-15-17-31(18-16-22)19-20-34-24-7-3-2-4-8-24/h2-14,22,27H,15-20H2,1H3,(H,30,32)/t27-/m0/s1. The van der Waals surface area contributed by atoms with Crippen LogP contribution in [0.1, 0.15) is 30.0 Å². The molecule has 0 radical (unpaired) electrons. The van der Waals surface area contributed by atoms with Crippen LogP contribution in [0.15, 0.2) is 78.9 Å². The summed E-state index contributed by atoms with van der Waals surface area (Å²) in [5.74, 6) is 1.69. The van der Waals surface area contributed by atoms with E-state index in [9.17, 15) is 4.79 Å². The lowest BCUT2D eigenvalue weighted by atomic mass is 9.93. The van der Waals surface area contributed by atoms with Gasteiger partial charge >= 0.3 is 0 Å². The van der Waals surface area contributed by atoms with Gasteiger partial charge in [-0.05, 0) is 61.8 Å². The maximum atomic E-state index is 13.3. The molecule has 0 aliphatic carbocycles. The number of methoxy groups -OCH3 is 1. The van der Waals surface area contributed by atoms with E-state index in [0.717, 1.165) is 55.1 Å². The van der Waals surface area contributed by atoms with Crippen molar-refractivity contribution in [3.8, 4) is 11.5 Å². The molecule has 1 atom stereocenters. The molecule has 178 valence electrons. The molecular weight excluding hydrogens is 448 g/mol. The monoisotopic (exact) mass is 478 g/mol. The molecule has 1 aliphatic rings. The minimum absolute atomic E-state index is 0.0178. The summed E-state index contributed by atoms with van der Waals surface area (Å²) in [5.41, 5.74) is 1.90. The number of carbonyl (C=O) groups is 1. The predicted octanol–water partition coefficient (Wildman–Crippen LogP) is 5.35. The van der Waals surface area contributed by atoms with Crippen LogP contribution < -0.4 is 14.8 Å². The van der Waals surface area contributed by atoms with Crippen LogP contribution in [-0.4, -0.2) is 44.2 Å². The number of ether oxygens (including phenoxy) is 2. The summed E-state index contributed by atoms with van der Waals surface area (Å²) in [7, 11) is 1.65. The molecule has 1 heterocycles. The number of hydrogen-bond acceptors (Lipinski definition) is 4. The van der Waals surface area contributed by atoms with Crippen molar-refractivity contribution in [1.82, 2.24) is 10.2 Å². The minimum atomic E-state index is -0.307. The van der Waals surface area contributed by atoms with Gasteiger partial charge in [0.1, 0.15) is 18.1 Å². The average Bonchev–Trinajstić information content (AvgIpc) is 2.89. The maximum absolute atomic E-state index is 13.3. The number of nitrogens with one attached hydrogen (secondary N) is 1. The first kappa shape index (κ1) is 24.1. The van der Waals surface area contributed by atoms with Gasteiger partial charge in [0, 0.05) is 23.0 Å². The van der Waals surface area contributed by atoms with Crippen LogP contribution in [0.2, 0.25) is 5.02 Å². The number of amides is 1. The van der Waals surface area contributed by atoms with Crippen LogP contribution in [-0.2, 0) is 4.79 Å². The molecule has 0 unspecified atom stereocenters. The maximum Gasteiger partial charge on any atom is 0.223 e. The lowest BCUT2D eigenvalue weighted by Crippen LogP contribution is -2.42. The molecule has 0 saturated carbocycles. The zero-order chi connectivity index (χ0) is 23.8. The fraction of sp³-hybridized carbons (Fsp3) is 0.321. The molecule has 0 aromatic heterocycles. The first-order chi connectivity index (χ1) is 16.6. The Morgan fingerprint density at radius 3 is 2.38 bits per heavy atom. The summed E-state index contributed by atoms with van der Waals surface area (Å²) in [4.78, 5) is 15.7. The van der Waals surface area contributed by atoms with E-state index in [1.165, 1.54) is 0 Å². The normalized spacial score (nSPS) is 15.5. The Hall–Kier alpha value is -3.02. The second kappa shape index (κ2) is 11.9. The Labute approximate surface area is 206 Å². The summed E-state index contributed by atoms with van der Waals surface area (Å²) < 4.78 is 11.4. The number of rotatable bonds is 9. The van der Waals surface area contributed by atoms with E-state index in [2.05, 4.69) is 10.2 Å². The average molecular weight is 479 g/mol. The Balaban J connectivity index is 1.36. The van der Waals surface area contributed by atoms with Crippen molar-refractivity contribution in [3.63, 3.8) is 0 Å². The lowest BCUT2D eigenvalue weighted by Gasteiger charge is -2.32. The predicted molar refractivity (Wildman–Crippen MR) is 136 cm³/mol. The van der Waals surface area contributed by atoms with Gasteiger partial charge in [0.25, 0.3) is 0 Å². The number of carbonyl (C=O) groups excluding carboxylic acids is 1. The van der Waals surface area contributed by atoms with Crippen molar-refractivity contribution in [2.24, 2.45) is 5.92 Å². The Morgan fingerprint density at radius 2 is 1.68 bits per heavy atom. The van der Waals surface area contributed by atoms with Crippen LogP contribution >= 0.6 is 11.6 Å². The molecule has 34 heavy (non-hydrogen) atoms. The van der Waals surface area contributed by atoms with Crippen molar-refractivity contribution in [2.75, 3.05) is 33.4 Å².